The van der Waals surface area contributed by atoms with E-state index in [9.17, 15) is 14.7 Å². The van der Waals surface area contributed by atoms with Crippen molar-refractivity contribution in [2.45, 2.75) is 13.8 Å². The van der Waals surface area contributed by atoms with Gasteiger partial charge in [0.25, 0.3) is 5.91 Å². The Morgan fingerprint density at radius 2 is 1.82 bits per heavy atom. The number of anilines is 1. The highest BCUT2D eigenvalue weighted by Gasteiger charge is 2.12. The van der Waals surface area contributed by atoms with E-state index < -0.39 is 11.9 Å². The Kier molecular flexibility index (Phi) is 3.87. The molecule has 1 rings (SSSR count). The number of rotatable bonds is 3. The molecule has 0 saturated carbocycles. The fourth-order valence-electron chi connectivity index (χ4n) is 1.14. The molecule has 0 aliphatic rings. The molecule has 0 heterocycles. The molecule has 5 nitrogen and oxygen atoms in total. The second-order valence-corrected chi connectivity index (χ2v) is 3.56. The second-order valence-electron chi connectivity index (χ2n) is 3.56. The minimum atomic E-state index is -1.13. The number of phenolic OH excluding ortho intramolecular Hbond substituents is 1. The summed E-state index contributed by atoms with van der Waals surface area (Å²) in [6.07, 6.45) is 0. The third-order valence-corrected chi connectivity index (χ3v) is 2.33. The number of benzene rings is 1. The Morgan fingerprint density at radius 3 is 2.35 bits per heavy atom. The first-order valence-electron chi connectivity index (χ1n) is 4.93. The molecule has 0 aliphatic carbocycles. The monoisotopic (exact) mass is 235 g/mol. The Balaban J connectivity index is 2.87. The molecule has 0 saturated heterocycles. The van der Waals surface area contributed by atoms with Crippen LogP contribution in [0.25, 0.3) is 0 Å². The third-order valence-electron chi connectivity index (χ3n) is 2.33. The Labute approximate surface area is 98.4 Å². The van der Waals surface area contributed by atoms with Gasteiger partial charge in [-0.3, -0.25) is 4.79 Å². The largest absolute Gasteiger partial charge is 0.508 e. The zero-order valence-corrected chi connectivity index (χ0v) is 9.52. The van der Waals surface area contributed by atoms with Gasteiger partial charge in [0.15, 0.2) is 0 Å². The van der Waals surface area contributed by atoms with E-state index in [-0.39, 0.29) is 16.9 Å². The van der Waals surface area contributed by atoms with Gasteiger partial charge >= 0.3 is 5.97 Å². The molecule has 3 N–H and O–H groups in total. The number of carboxylic acids is 1. The number of carbonyl (C=O) groups excluding carboxylic acids is 1. The summed E-state index contributed by atoms with van der Waals surface area (Å²) < 4.78 is 0. The molecule has 1 aromatic rings. The fraction of sp³-hybridized carbons (Fsp3) is 0.167. The summed E-state index contributed by atoms with van der Waals surface area (Å²) in [5.41, 5.74) is 0.524. The van der Waals surface area contributed by atoms with Crippen LogP contribution in [0.3, 0.4) is 0 Å². The number of phenols is 1. The number of carbonyl (C=O) groups is 2. The molecule has 0 bridgehead atoms. The molecule has 0 aliphatic heterocycles. The highest BCUT2D eigenvalue weighted by atomic mass is 16.4. The summed E-state index contributed by atoms with van der Waals surface area (Å²) >= 11 is 0. The standard InChI is InChI=1S/C12H13NO4/c1-7(8(2)12(16)17)11(15)13-9-4-3-5-10(14)6-9/h3-6,14H,1-2H3,(H,13,15)(H,16,17)/b8-7-. The van der Waals surface area contributed by atoms with Crippen molar-refractivity contribution >= 4 is 17.6 Å². The summed E-state index contributed by atoms with van der Waals surface area (Å²) in [6, 6.07) is 6.02. The zero-order chi connectivity index (χ0) is 13.0. The molecule has 17 heavy (non-hydrogen) atoms. The molecule has 1 aromatic carbocycles. The van der Waals surface area contributed by atoms with Gasteiger partial charge in [0.2, 0.25) is 0 Å². The normalized spacial score (nSPS) is 11.6. The highest BCUT2D eigenvalue weighted by Crippen LogP contribution is 2.16. The zero-order valence-electron chi connectivity index (χ0n) is 9.52. The molecule has 0 fully saturated rings. The minimum Gasteiger partial charge on any atom is -0.508 e. The van der Waals surface area contributed by atoms with Crippen molar-refractivity contribution in [3.05, 3.63) is 35.4 Å². The smallest absolute Gasteiger partial charge is 0.331 e. The lowest BCUT2D eigenvalue weighted by atomic mass is 10.1. The molecule has 0 unspecified atom stereocenters. The number of aliphatic carboxylic acids is 1. The van der Waals surface area contributed by atoms with Crippen LogP contribution in [0.4, 0.5) is 5.69 Å². The maximum Gasteiger partial charge on any atom is 0.331 e. The van der Waals surface area contributed by atoms with Gasteiger partial charge in [-0.25, -0.2) is 4.79 Å². The topological polar surface area (TPSA) is 86.6 Å². The Morgan fingerprint density at radius 1 is 1.18 bits per heavy atom. The van der Waals surface area contributed by atoms with Crippen molar-refractivity contribution in [2.75, 3.05) is 5.32 Å². The van der Waals surface area contributed by atoms with Crippen LogP contribution in [0.1, 0.15) is 13.8 Å². The predicted molar refractivity (Wildman–Crippen MR) is 62.7 cm³/mol. The molecule has 0 spiro atoms. The predicted octanol–water partition coefficient (Wildman–Crippen LogP) is 1.75. The molecule has 90 valence electrons. The summed E-state index contributed by atoms with van der Waals surface area (Å²) in [5.74, 6) is -1.61. The fourth-order valence-corrected chi connectivity index (χ4v) is 1.14. The quantitative estimate of drug-likeness (QED) is 0.696. The molecular formula is C12H13NO4. The lowest BCUT2D eigenvalue weighted by Crippen LogP contribution is -2.16. The summed E-state index contributed by atoms with van der Waals surface area (Å²) in [6.45, 7) is 2.79. The van der Waals surface area contributed by atoms with Crippen LogP contribution in [0, 0.1) is 0 Å². The highest BCUT2D eigenvalue weighted by molar-refractivity contribution is 6.08. The second kappa shape index (κ2) is 5.16. The van der Waals surface area contributed by atoms with Crippen molar-refractivity contribution in [3.63, 3.8) is 0 Å². The van der Waals surface area contributed by atoms with Crippen molar-refractivity contribution in [1.82, 2.24) is 0 Å². The van der Waals surface area contributed by atoms with Gasteiger partial charge in [-0.05, 0) is 26.0 Å². The molecule has 5 heteroatoms. The van der Waals surface area contributed by atoms with Crippen LogP contribution < -0.4 is 5.32 Å². The van der Waals surface area contributed by atoms with E-state index in [4.69, 9.17) is 5.11 Å². The van der Waals surface area contributed by atoms with Gasteiger partial charge in [-0.2, -0.15) is 0 Å². The van der Waals surface area contributed by atoms with Gasteiger partial charge in [0.1, 0.15) is 5.75 Å². The van der Waals surface area contributed by atoms with E-state index in [1.807, 2.05) is 0 Å². The van der Waals surface area contributed by atoms with Crippen LogP contribution in [-0.2, 0) is 9.59 Å². The van der Waals surface area contributed by atoms with E-state index in [0.717, 1.165) is 0 Å². The molecule has 0 radical (unpaired) electrons. The van der Waals surface area contributed by atoms with Crippen LogP contribution in [0.5, 0.6) is 5.75 Å². The lowest BCUT2D eigenvalue weighted by molar-refractivity contribution is -0.133. The molecule has 0 atom stereocenters. The van der Waals surface area contributed by atoms with Gasteiger partial charge < -0.3 is 15.5 Å². The molecule has 1 amide bonds. The minimum absolute atomic E-state index is 0.0114. The number of hydrogen-bond acceptors (Lipinski definition) is 3. The SMILES string of the molecule is C/C(C(=O)O)=C(\C)C(=O)Nc1cccc(O)c1. The first-order chi connectivity index (χ1) is 7.91. The average molecular weight is 235 g/mol. The Bertz CT molecular complexity index is 491. The van der Waals surface area contributed by atoms with Crippen molar-refractivity contribution < 1.29 is 19.8 Å². The van der Waals surface area contributed by atoms with Crippen LogP contribution in [0.2, 0.25) is 0 Å². The first-order valence-corrected chi connectivity index (χ1v) is 4.93. The van der Waals surface area contributed by atoms with Crippen molar-refractivity contribution in [2.24, 2.45) is 0 Å². The number of carboxylic acid groups (broad SMARTS) is 1. The lowest BCUT2D eigenvalue weighted by Gasteiger charge is -2.07. The Hall–Kier alpha value is -2.30. The van der Waals surface area contributed by atoms with E-state index in [2.05, 4.69) is 5.32 Å². The van der Waals surface area contributed by atoms with Gasteiger partial charge in [-0.15, -0.1) is 0 Å². The van der Waals surface area contributed by atoms with Gasteiger partial charge in [-0.1, -0.05) is 6.07 Å². The number of hydrogen-bond donors (Lipinski definition) is 3. The number of amides is 1. The van der Waals surface area contributed by atoms with Crippen LogP contribution >= 0.6 is 0 Å². The van der Waals surface area contributed by atoms with Gasteiger partial charge in [0, 0.05) is 22.9 Å². The molecular weight excluding hydrogens is 222 g/mol. The first kappa shape index (κ1) is 12.8. The van der Waals surface area contributed by atoms with Crippen LogP contribution in [-0.4, -0.2) is 22.1 Å². The maximum absolute atomic E-state index is 11.7. The van der Waals surface area contributed by atoms with Crippen molar-refractivity contribution in [1.29, 1.82) is 0 Å². The maximum atomic E-state index is 11.7. The van der Waals surface area contributed by atoms with Crippen LogP contribution in [0.15, 0.2) is 35.4 Å². The van der Waals surface area contributed by atoms with Crippen molar-refractivity contribution in [3.8, 4) is 5.75 Å². The summed E-state index contributed by atoms with van der Waals surface area (Å²) in [5, 5.41) is 20.4. The summed E-state index contributed by atoms with van der Waals surface area (Å²) in [7, 11) is 0. The van der Waals surface area contributed by atoms with E-state index in [1.165, 1.54) is 26.0 Å². The number of nitrogens with one attached hydrogen (secondary N) is 1. The average Bonchev–Trinajstić information content (AvgIpc) is 2.26. The summed E-state index contributed by atoms with van der Waals surface area (Å²) in [4.78, 5) is 22.3. The van der Waals surface area contributed by atoms with E-state index >= 15 is 0 Å². The number of aromatic hydroxyl groups is 1. The third kappa shape index (κ3) is 3.34. The van der Waals surface area contributed by atoms with E-state index in [1.54, 1.807) is 12.1 Å². The van der Waals surface area contributed by atoms with E-state index in [0.29, 0.717) is 5.69 Å². The molecule has 0 aromatic heterocycles. The van der Waals surface area contributed by atoms with Gasteiger partial charge in [0.05, 0.1) is 0 Å².